The van der Waals surface area contributed by atoms with Gasteiger partial charge in [-0.25, -0.2) is 4.98 Å². The predicted octanol–water partition coefficient (Wildman–Crippen LogP) is 4.69. The van der Waals surface area contributed by atoms with Crippen LogP contribution in [0.3, 0.4) is 0 Å². The minimum absolute atomic E-state index is 0.403. The lowest BCUT2D eigenvalue weighted by atomic mass is 9.95. The van der Waals surface area contributed by atoms with E-state index in [4.69, 9.17) is 15.1 Å². The molecule has 1 aliphatic heterocycles. The first-order valence-corrected chi connectivity index (χ1v) is 12.1. The summed E-state index contributed by atoms with van der Waals surface area (Å²) in [5.41, 5.74) is 6.24. The molecule has 2 aliphatic rings. The minimum Gasteiger partial charge on any atom is -0.365 e. The molecule has 0 amide bonds. The van der Waals surface area contributed by atoms with Crippen molar-refractivity contribution in [3.63, 3.8) is 0 Å². The molecular weight excluding hydrogens is 408 g/mol. The molecule has 0 spiro atoms. The number of nitrogens with zero attached hydrogens (tertiary/aromatic N) is 6. The molecule has 33 heavy (non-hydrogen) atoms. The van der Waals surface area contributed by atoms with Gasteiger partial charge in [0.2, 0.25) is 0 Å². The van der Waals surface area contributed by atoms with Gasteiger partial charge in [-0.3, -0.25) is 0 Å². The quantitative estimate of drug-likeness (QED) is 0.464. The Morgan fingerprint density at radius 2 is 1.76 bits per heavy atom. The second kappa shape index (κ2) is 8.18. The first-order valence-electron chi connectivity index (χ1n) is 12.1. The lowest BCUT2D eigenvalue weighted by Gasteiger charge is -2.43. The molecule has 1 atom stereocenters. The molecule has 1 saturated heterocycles. The summed E-state index contributed by atoms with van der Waals surface area (Å²) >= 11 is 0. The topological polar surface area (TPSA) is 49.6 Å². The van der Waals surface area contributed by atoms with Crippen LogP contribution in [0, 0.1) is 6.92 Å². The largest absolute Gasteiger partial charge is 0.365 e. The summed E-state index contributed by atoms with van der Waals surface area (Å²) in [5.74, 6) is 2.68. The van der Waals surface area contributed by atoms with Gasteiger partial charge < -0.3 is 9.80 Å². The monoisotopic (exact) mass is 438 g/mol. The van der Waals surface area contributed by atoms with Crippen LogP contribution < -0.4 is 9.80 Å². The molecule has 6 heteroatoms. The number of aromatic nitrogens is 4. The van der Waals surface area contributed by atoms with Crippen LogP contribution in [0.2, 0.25) is 0 Å². The SMILES string of the molecule is Cc1cccc(N2CCN(c3c4c(nc5nc(-c6ccccc6)nn35)CCCC4)C[C@@H]2C)c1. The van der Waals surface area contributed by atoms with E-state index >= 15 is 0 Å². The van der Waals surface area contributed by atoms with Gasteiger partial charge in [0.25, 0.3) is 5.78 Å². The minimum atomic E-state index is 0.403. The average molecular weight is 439 g/mol. The Bertz CT molecular complexity index is 1290. The number of anilines is 2. The zero-order valence-corrected chi connectivity index (χ0v) is 19.4. The fourth-order valence-electron chi connectivity index (χ4n) is 5.40. The normalized spacial score (nSPS) is 18.5. The lowest BCUT2D eigenvalue weighted by Crippen LogP contribution is -2.53. The summed E-state index contributed by atoms with van der Waals surface area (Å²) in [7, 11) is 0. The Morgan fingerprint density at radius 3 is 2.58 bits per heavy atom. The molecule has 1 aliphatic carbocycles. The molecule has 168 valence electrons. The van der Waals surface area contributed by atoms with Crippen LogP contribution in [0.1, 0.15) is 36.6 Å². The molecule has 1 fully saturated rings. The molecule has 4 aromatic rings. The van der Waals surface area contributed by atoms with E-state index < -0.39 is 0 Å². The summed E-state index contributed by atoms with van der Waals surface area (Å²) in [6.45, 7) is 7.41. The number of hydrogen-bond acceptors (Lipinski definition) is 5. The van der Waals surface area contributed by atoms with E-state index in [0.717, 1.165) is 49.6 Å². The molecule has 0 N–H and O–H groups in total. The highest BCUT2D eigenvalue weighted by atomic mass is 15.4. The van der Waals surface area contributed by atoms with Crippen molar-refractivity contribution in [2.75, 3.05) is 29.4 Å². The average Bonchev–Trinajstić information content (AvgIpc) is 3.26. The van der Waals surface area contributed by atoms with Crippen LogP contribution in [-0.4, -0.2) is 45.3 Å². The van der Waals surface area contributed by atoms with E-state index in [-0.39, 0.29) is 0 Å². The fourth-order valence-corrected chi connectivity index (χ4v) is 5.40. The number of piperazine rings is 1. The van der Waals surface area contributed by atoms with Crippen molar-refractivity contribution in [2.24, 2.45) is 0 Å². The van der Waals surface area contributed by atoms with Gasteiger partial charge in [0.1, 0.15) is 5.82 Å². The van der Waals surface area contributed by atoms with Crippen LogP contribution >= 0.6 is 0 Å². The number of benzene rings is 2. The van der Waals surface area contributed by atoms with E-state index in [0.29, 0.717) is 6.04 Å². The van der Waals surface area contributed by atoms with E-state index in [1.165, 1.54) is 41.2 Å². The fraction of sp³-hybridized carbons (Fsp3) is 0.370. The molecule has 0 bridgehead atoms. The summed E-state index contributed by atoms with van der Waals surface area (Å²) in [5, 5.41) is 4.97. The Kier molecular flexibility index (Phi) is 5.01. The summed E-state index contributed by atoms with van der Waals surface area (Å²) < 4.78 is 2.02. The highest BCUT2D eigenvalue weighted by molar-refractivity contribution is 5.62. The zero-order valence-electron chi connectivity index (χ0n) is 19.4. The van der Waals surface area contributed by atoms with Gasteiger partial charge in [0, 0.05) is 42.5 Å². The second-order valence-corrected chi connectivity index (χ2v) is 9.41. The predicted molar refractivity (Wildman–Crippen MR) is 133 cm³/mol. The van der Waals surface area contributed by atoms with Gasteiger partial charge in [0.15, 0.2) is 5.82 Å². The first kappa shape index (κ1) is 20.2. The molecule has 3 heterocycles. The summed E-state index contributed by atoms with van der Waals surface area (Å²) in [6.07, 6.45) is 4.52. The Hall–Kier alpha value is -3.41. The van der Waals surface area contributed by atoms with Crippen molar-refractivity contribution < 1.29 is 0 Å². The molecule has 2 aromatic carbocycles. The molecule has 0 unspecified atom stereocenters. The van der Waals surface area contributed by atoms with Crippen molar-refractivity contribution in [1.82, 2.24) is 19.6 Å². The van der Waals surface area contributed by atoms with Crippen LogP contribution in [-0.2, 0) is 12.8 Å². The lowest BCUT2D eigenvalue weighted by molar-refractivity contribution is 0.538. The van der Waals surface area contributed by atoms with Crippen LogP contribution in [0.5, 0.6) is 0 Å². The van der Waals surface area contributed by atoms with Crippen LogP contribution in [0.15, 0.2) is 54.6 Å². The smallest absolute Gasteiger partial charge is 0.254 e. The van der Waals surface area contributed by atoms with Gasteiger partial charge in [-0.05, 0) is 57.2 Å². The maximum Gasteiger partial charge on any atom is 0.254 e. The van der Waals surface area contributed by atoms with Gasteiger partial charge in [-0.15, -0.1) is 5.10 Å². The third kappa shape index (κ3) is 3.63. The Balaban J connectivity index is 1.40. The molecular formula is C27H30N6. The summed E-state index contributed by atoms with van der Waals surface area (Å²) in [4.78, 5) is 14.9. The molecule has 0 saturated carbocycles. The van der Waals surface area contributed by atoms with Gasteiger partial charge in [0.05, 0.1) is 5.69 Å². The maximum atomic E-state index is 4.97. The molecule has 0 radical (unpaired) electrons. The third-order valence-corrected chi connectivity index (χ3v) is 7.03. The van der Waals surface area contributed by atoms with Crippen molar-refractivity contribution in [3.8, 4) is 11.4 Å². The van der Waals surface area contributed by atoms with Crippen LogP contribution in [0.4, 0.5) is 11.5 Å². The highest BCUT2D eigenvalue weighted by Gasteiger charge is 2.30. The van der Waals surface area contributed by atoms with Gasteiger partial charge in [-0.1, -0.05) is 42.5 Å². The Labute approximate surface area is 194 Å². The van der Waals surface area contributed by atoms with Gasteiger partial charge >= 0.3 is 0 Å². The standard InChI is InChI=1S/C27H30N6/c1-19-9-8-12-22(17-19)32-16-15-31(18-20(32)2)26-23-13-6-7-14-24(23)28-27-29-25(30-33(26)27)21-10-4-3-5-11-21/h3-5,8-12,17,20H,6-7,13-16,18H2,1-2H3/t20-/m0/s1. The zero-order chi connectivity index (χ0) is 22.4. The van der Waals surface area contributed by atoms with E-state index in [9.17, 15) is 0 Å². The number of fused-ring (bicyclic) bond motifs is 2. The molecule has 6 rings (SSSR count). The molecule has 2 aromatic heterocycles. The van der Waals surface area contributed by atoms with Crippen molar-refractivity contribution >= 4 is 17.3 Å². The van der Waals surface area contributed by atoms with Crippen LogP contribution in [0.25, 0.3) is 17.2 Å². The molecule has 6 nitrogen and oxygen atoms in total. The van der Waals surface area contributed by atoms with Crippen molar-refractivity contribution in [2.45, 2.75) is 45.6 Å². The van der Waals surface area contributed by atoms with Crippen molar-refractivity contribution in [3.05, 3.63) is 71.4 Å². The van der Waals surface area contributed by atoms with Gasteiger partial charge in [-0.2, -0.15) is 9.50 Å². The maximum absolute atomic E-state index is 4.97. The third-order valence-electron chi connectivity index (χ3n) is 7.03. The second-order valence-electron chi connectivity index (χ2n) is 9.41. The number of aryl methyl sites for hydroxylation is 2. The van der Waals surface area contributed by atoms with E-state index in [1.54, 1.807) is 0 Å². The number of rotatable bonds is 3. The van der Waals surface area contributed by atoms with Crippen molar-refractivity contribution in [1.29, 1.82) is 0 Å². The van der Waals surface area contributed by atoms with E-state index in [1.807, 2.05) is 22.7 Å². The highest BCUT2D eigenvalue weighted by Crippen LogP contribution is 2.33. The summed E-state index contributed by atoms with van der Waals surface area (Å²) in [6, 6.07) is 19.5. The first-order chi connectivity index (χ1) is 16.2. The Morgan fingerprint density at radius 1 is 0.909 bits per heavy atom. The van der Waals surface area contributed by atoms with E-state index in [2.05, 4.69) is 60.0 Å². The number of hydrogen-bond donors (Lipinski definition) is 0.